The Hall–Kier alpha value is -1.72. The van der Waals surface area contributed by atoms with Crippen LogP contribution in [-0.4, -0.2) is 42.8 Å². The zero-order chi connectivity index (χ0) is 16.5. The van der Waals surface area contributed by atoms with Gasteiger partial charge in [0.2, 0.25) is 0 Å². The lowest BCUT2D eigenvalue weighted by molar-refractivity contribution is 0.0992. The Balaban J connectivity index is 1.33. The van der Waals surface area contributed by atoms with Crippen molar-refractivity contribution in [3.8, 4) is 0 Å². The summed E-state index contributed by atoms with van der Waals surface area (Å²) < 4.78 is 5.89. The molecule has 2 aliphatic heterocycles. The maximum atomic E-state index is 6.11. The first-order valence-electron chi connectivity index (χ1n) is 8.61. The molecular weight excluding hydrogens is 324 g/mol. The molecule has 3 unspecified atom stereocenters. The Kier molecular flexibility index (Phi) is 4.37. The third-order valence-corrected chi connectivity index (χ3v) is 5.30. The quantitative estimate of drug-likeness (QED) is 0.589. The van der Waals surface area contributed by atoms with Crippen molar-refractivity contribution in [1.82, 2.24) is 15.6 Å². The molecule has 0 saturated carbocycles. The molecule has 5 nitrogen and oxygen atoms in total. The monoisotopic (exact) mass is 346 g/mol. The highest BCUT2D eigenvalue weighted by Gasteiger charge is 2.41. The molecule has 4 rings (SSSR count). The fourth-order valence-electron chi connectivity index (χ4n) is 3.83. The highest BCUT2D eigenvalue weighted by Crippen LogP contribution is 2.34. The van der Waals surface area contributed by atoms with E-state index in [9.17, 15) is 0 Å². The van der Waals surface area contributed by atoms with E-state index in [0.717, 1.165) is 42.3 Å². The van der Waals surface area contributed by atoms with Crippen molar-refractivity contribution in [2.75, 3.05) is 13.6 Å². The van der Waals surface area contributed by atoms with Gasteiger partial charge in [0, 0.05) is 35.7 Å². The van der Waals surface area contributed by atoms with Gasteiger partial charge in [-0.25, -0.2) is 0 Å². The standard InChI is InChI=1S/C18H23ClN4O/c1-20-18(23-16-9-13-3-5-17(16)24-13)21-7-6-11-10-22-15-4-2-12(19)8-14(11)15/h2,4,8,10,13,16-17,22H,3,5-7,9H2,1H3,(H2,20,21,23). The van der Waals surface area contributed by atoms with Gasteiger partial charge in [0.1, 0.15) is 0 Å². The molecule has 1 aromatic heterocycles. The van der Waals surface area contributed by atoms with E-state index in [1.807, 2.05) is 25.2 Å². The molecule has 24 heavy (non-hydrogen) atoms. The molecule has 1 aromatic carbocycles. The molecule has 3 heterocycles. The zero-order valence-corrected chi connectivity index (χ0v) is 14.6. The first-order valence-corrected chi connectivity index (χ1v) is 8.99. The molecule has 0 spiro atoms. The fourth-order valence-corrected chi connectivity index (χ4v) is 4.01. The Labute approximate surface area is 146 Å². The molecule has 128 valence electrons. The minimum absolute atomic E-state index is 0.351. The number of nitrogens with one attached hydrogen (secondary N) is 3. The molecule has 0 radical (unpaired) electrons. The van der Waals surface area contributed by atoms with Crippen molar-refractivity contribution in [3.05, 3.63) is 35.0 Å². The summed E-state index contributed by atoms with van der Waals surface area (Å²) in [5, 5.41) is 8.88. The highest BCUT2D eigenvalue weighted by atomic mass is 35.5. The summed E-state index contributed by atoms with van der Waals surface area (Å²) >= 11 is 6.11. The van der Waals surface area contributed by atoms with Crippen molar-refractivity contribution < 1.29 is 4.74 Å². The number of ether oxygens (including phenoxy) is 1. The average molecular weight is 347 g/mol. The smallest absolute Gasteiger partial charge is 0.191 e. The van der Waals surface area contributed by atoms with E-state index >= 15 is 0 Å². The van der Waals surface area contributed by atoms with Crippen LogP contribution in [0.1, 0.15) is 24.8 Å². The first-order chi connectivity index (χ1) is 11.7. The Bertz CT molecular complexity index is 757. The van der Waals surface area contributed by atoms with Gasteiger partial charge in [-0.2, -0.15) is 0 Å². The lowest BCUT2D eigenvalue weighted by atomic mass is 9.96. The predicted molar refractivity (Wildman–Crippen MR) is 97.8 cm³/mol. The first kappa shape index (κ1) is 15.8. The van der Waals surface area contributed by atoms with Crippen molar-refractivity contribution in [2.24, 2.45) is 4.99 Å². The summed E-state index contributed by atoms with van der Waals surface area (Å²) in [6.07, 6.45) is 7.22. The largest absolute Gasteiger partial charge is 0.373 e. The zero-order valence-electron chi connectivity index (χ0n) is 13.8. The van der Waals surface area contributed by atoms with Crippen LogP contribution < -0.4 is 10.6 Å². The average Bonchev–Trinajstić information content (AvgIpc) is 3.29. The molecule has 0 aliphatic carbocycles. The number of hydrogen-bond donors (Lipinski definition) is 3. The van der Waals surface area contributed by atoms with Gasteiger partial charge in [-0.15, -0.1) is 0 Å². The van der Waals surface area contributed by atoms with E-state index in [-0.39, 0.29) is 0 Å². The number of aliphatic imine (C=N–C) groups is 1. The second-order valence-electron chi connectivity index (χ2n) is 6.61. The van der Waals surface area contributed by atoms with Crippen molar-refractivity contribution in [2.45, 2.75) is 43.9 Å². The van der Waals surface area contributed by atoms with Crippen LogP contribution in [0.5, 0.6) is 0 Å². The van der Waals surface area contributed by atoms with Crippen LogP contribution in [0.2, 0.25) is 5.02 Å². The number of hydrogen-bond acceptors (Lipinski definition) is 2. The number of H-pyrrole nitrogens is 1. The van der Waals surface area contributed by atoms with E-state index < -0.39 is 0 Å². The predicted octanol–water partition coefficient (Wildman–Crippen LogP) is 2.85. The van der Waals surface area contributed by atoms with Crippen molar-refractivity contribution in [3.63, 3.8) is 0 Å². The van der Waals surface area contributed by atoms with Gasteiger partial charge in [0.15, 0.2) is 5.96 Å². The maximum Gasteiger partial charge on any atom is 0.191 e. The Morgan fingerprint density at radius 3 is 3.08 bits per heavy atom. The summed E-state index contributed by atoms with van der Waals surface area (Å²) in [6.45, 7) is 0.820. The minimum Gasteiger partial charge on any atom is -0.373 e. The normalized spacial score (nSPS) is 26.2. The topological polar surface area (TPSA) is 61.4 Å². The van der Waals surface area contributed by atoms with E-state index in [2.05, 4.69) is 26.8 Å². The number of benzene rings is 1. The number of halogens is 1. The molecule has 2 aliphatic rings. The van der Waals surface area contributed by atoms with Gasteiger partial charge in [-0.05, 0) is 49.4 Å². The van der Waals surface area contributed by atoms with Crippen LogP contribution in [0.15, 0.2) is 29.4 Å². The number of guanidine groups is 1. The van der Waals surface area contributed by atoms with Crippen LogP contribution in [0, 0.1) is 0 Å². The van der Waals surface area contributed by atoms with E-state index in [1.165, 1.54) is 17.4 Å². The van der Waals surface area contributed by atoms with Gasteiger partial charge < -0.3 is 20.4 Å². The summed E-state index contributed by atoms with van der Waals surface area (Å²) in [4.78, 5) is 7.64. The van der Waals surface area contributed by atoms with Gasteiger partial charge >= 0.3 is 0 Å². The van der Waals surface area contributed by atoms with Gasteiger partial charge in [-0.3, -0.25) is 4.99 Å². The number of fused-ring (bicyclic) bond motifs is 3. The highest BCUT2D eigenvalue weighted by molar-refractivity contribution is 6.31. The SMILES string of the molecule is CN=C(NCCc1c[nH]c2ccc(Cl)cc12)NC1CC2CCC1O2. The second kappa shape index (κ2) is 6.65. The molecule has 2 saturated heterocycles. The second-order valence-corrected chi connectivity index (χ2v) is 7.05. The van der Waals surface area contributed by atoms with Crippen molar-refractivity contribution in [1.29, 1.82) is 0 Å². The van der Waals surface area contributed by atoms with Gasteiger partial charge in [0.05, 0.1) is 18.2 Å². The summed E-state index contributed by atoms with van der Waals surface area (Å²) in [7, 11) is 1.81. The van der Waals surface area contributed by atoms with E-state index in [4.69, 9.17) is 16.3 Å². The van der Waals surface area contributed by atoms with Crippen LogP contribution >= 0.6 is 11.6 Å². The summed E-state index contributed by atoms with van der Waals surface area (Å²) in [5.41, 5.74) is 2.38. The Morgan fingerprint density at radius 1 is 1.42 bits per heavy atom. The summed E-state index contributed by atoms with van der Waals surface area (Å²) in [6, 6.07) is 6.33. The molecule has 2 aromatic rings. The Morgan fingerprint density at radius 2 is 2.33 bits per heavy atom. The lowest BCUT2D eigenvalue weighted by Crippen LogP contribution is -2.47. The number of rotatable bonds is 4. The lowest BCUT2D eigenvalue weighted by Gasteiger charge is -2.22. The number of aromatic nitrogens is 1. The molecular formula is C18H23ClN4O. The minimum atomic E-state index is 0.351. The van der Waals surface area contributed by atoms with Crippen LogP contribution in [0.25, 0.3) is 10.9 Å². The van der Waals surface area contributed by atoms with E-state index in [0.29, 0.717) is 18.2 Å². The third kappa shape index (κ3) is 3.10. The molecule has 3 atom stereocenters. The molecule has 3 N–H and O–H groups in total. The van der Waals surface area contributed by atoms with Gasteiger partial charge in [-0.1, -0.05) is 11.6 Å². The molecule has 6 heteroatoms. The fraction of sp³-hybridized carbons (Fsp3) is 0.500. The molecule has 2 bridgehead atoms. The maximum absolute atomic E-state index is 6.11. The number of aromatic amines is 1. The van der Waals surface area contributed by atoms with Crippen LogP contribution in [0.4, 0.5) is 0 Å². The number of nitrogens with zero attached hydrogens (tertiary/aromatic N) is 1. The van der Waals surface area contributed by atoms with Gasteiger partial charge in [0.25, 0.3) is 0 Å². The molecule has 0 amide bonds. The third-order valence-electron chi connectivity index (χ3n) is 5.07. The summed E-state index contributed by atoms with van der Waals surface area (Å²) in [5.74, 6) is 0.856. The van der Waals surface area contributed by atoms with Crippen molar-refractivity contribution >= 4 is 28.5 Å². The van der Waals surface area contributed by atoms with E-state index in [1.54, 1.807) is 0 Å². The van der Waals surface area contributed by atoms with Crippen LogP contribution in [0.3, 0.4) is 0 Å². The van der Waals surface area contributed by atoms with Crippen LogP contribution in [-0.2, 0) is 11.2 Å². The molecule has 2 fully saturated rings.